The molecule has 0 aromatic heterocycles. The highest BCUT2D eigenvalue weighted by molar-refractivity contribution is 4.91. The first-order valence-electron chi connectivity index (χ1n) is 8.43. The second kappa shape index (κ2) is 8.32. The number of aliphatic hydroxyl groups excluding tert-OH is 1. The lowest BCUT2D eigenvalue weighted by atomic mass is 9.74. The molecule has 0 aliphatic carbocycles. The summed E-state index contributed by atoms with van der Waals surface area (Å²) in [6.45, 7) is 8.81. The lowest BCUT2D eigenvalue weighted by Crippen LogP contribution is -2.52. The van der Waals surface area contributed by atoms with Gasteiger partial charge in [-0.3, -0.25) is 0 Å². The average molecular weight is 284 g/mol. The minimum atomic E-state index is -0.335. The van der Waals surface area contributed by atoms with E-state index in [1.165, 1.54) is 32.2 Å². The summed E-state index contributed by atoms with van der Waals surface area (Å²) >= 11 is 0. The van der Waals surface area contributed by atoms with Gasteiger partial charge in [0.1, 0.15) is 0 Å². The molecule has 2 aliphatic rings. The third-order valence-corrected chi connectivity index (χ3v) is 4.72. The van der Waals surface area contributed by atoms with E-state index >= 15 is 0 Å². The molecule has 2 aliphatic heterocycles. The minimum absolute atomic E-state index is 0.335. The molecule has 2 rings (SSSR count). The van der Waals surface area contributed by atoms with E-state index in [0.717, 1.165) is 45.6 Å². The van der Waals surface area contributed by atoms with Crippen molar-refractivity contribution in [2.45, 2.75) is 51.6 Å². The highest BCUT2D eigenvalue weighted by Gasteiger charge is 2.36. The van der Waals surface area contributed by atoms with Crippen molar-refractivity contribution < 1.29 is 9.84 Å². The van der Waals surface area contributed by atoms with Crippen molar-refractivity contribution in [3.05, 3.63) is 0 Å². The molecule has 2 saturated heterocycles. The van der Waals surface area contributed by atoms with E-state index in [4.69, 9.17) is 4.74 Å². The van der Waals surface area contributed by atoms with E-state index in [-0.39, 0.29) is 6.10 Å². The van der Waals surface area contributed by atoms with E-state index in [1.54, 1.807) is 0 Å². The number of unbranched alkanes of at least 4 members (excludes halogenated alkanes) is 1. The molecule has 20 heavy (non-hydrogen) atoms. The molecule has 0 aromatic carbocycles. The van der Waals surface area contributed by atoms with Crippen molar-refractivity contribution in [1.29, 1.82) is 0 Å². The molecule has 2 unspecified atom stereocenters. The van der Waals surface area contributed by atoms with Gasteiger partial charge in [-0.25, -0.2) is 0 Å². The second-order valence-electron chi connectivity index (χ2n) is 6.70. The molecule has 0 aromatic rings. The number of nitrogens with one attached hydrogen (secondary N) is 1. The Bertz CT molecular complexity index is 262. The molecule has 0 radical (unpaired) electrons. The van der Waals surface area contributed by atoms with Gasteiger partial charge in [-0.05, 0) is 50.6 Å². The number of aliphatic hydroxyl groups is 1. The van der Waals surface area contributed by atoms with Gasteiger partial charge in [-0.15, -0.1) is 0 Å². The predicted molar refractivity (Wildman–Crippen MR) is 81.9 cm³/mol. The fourth-order valence-corrected chi connectivity index (χ4v) is 3.66. The number of hydrogen-bond acceptors (Lipinski definition) is 4. The van der Waals surface area contributed by atoms with Crippen LogP contribution < -0.4 is 5.32 Å². The molecule has 2 fully saturated rings. The van der Waals surface area contributed by atoms with Gasteiger partial charge >= 0.3 is 0 Å². The van der Waals surface area contributed by atoms with Crippen molar-refractivity contribution in [3.63, 3.8) is 0 Å². The van der Waals surface area contributed by atoms with Gasteiger partial charge in [0.15, 0.2) is 0 Å². The quantitative estimate of drug-likeness (QED) is 0.698. The topological polar surface area (TPSA) is 44.7 Å². The number of likely N-dealkylation sites (tertiary alicyclic amines) is 1. The molecule has 1 spiro atoms. The van der Waals surface area contributed by atoms with Gasteiger partial charge in [0.05, 0.1) is 12.7 Å². The predicted octanol–water partition coefficient (Wildman–Crippen LogP) is 1.63. The number of β-amino-alcohol motifs (C(OH)–C–C–N with tert-alkyl or cyclic N) is 1. The first-order chi connectivity index (χ1) is 9.74. The summed E-state index contributed by atoms with van der Waals surface area (Å²) in [7, 11) is 0. The summed E-state index contributed by atoms with van der Waals surface area (Å²) in [4.78, 5) is 2.45. The maximum absolute atomic E-state index is 10.1. The van der Waals surface area contributed by atoms with Crippen LogP contribution in [0.1, 0.15) is 45.4 Å². The fraction of sp³-hybridized carbons (Fsp3) is 1.00. The first kappa shape index (κ1) is 16.2. The molecule has 2 heterocycles. The second-order valence-corrected chi connectivity index (χ2v) is 6.70. The van der Waals surface area contributed by atoms with Crippen LogP contribution in [0.25, 0.3) is 0 Å². The summed E-state index contributed by atoms with van der Waals surface area (Å²) in [5.41, 5.74) is 0.472. The third-order valence-electron chi connectivity index (χ3n) is 4.72. The smallest absolute Gasteiger partial charge is 0.0900 e. The molecule has 4 heteroatoms. The van der Waals surface area contributed by atoms with Crippen molar-refractivity contribution in [2.75, 3.05) is 45.9 Å². The number of rotatable bonds is 7. The van der Waals surface area contributed by atoms with Crippen molar-refractivity contribution in [1.82, 2.24) is 10.2 Å². The average Bonchev–Trinajstić information content (AvgIpc) is 2.44. The zero-order valence-electron chi connectivity index (χ0n) is 13.1. The molecule has 0 bridgehead atoms. The highest BCUT2D eigenvalue weighted by atomic mass is 16.5. The Hall–Kier alpha value is -0.160. The summed E-state index contributed by atoms with van der Waals surface area (Å²) < 4.78 is 5.53. The van der Waals surface area contributed by atoms with Gasteiger partial charge in [-0.2, -0.15) is 0 Å². The summed E-state index contributed by atoms with van der Waals surface area (Å²) in [5, 5.41) is 13.7. The van der Waals surface area contributed by atoms with Crippen LogP contribution in [-0.4, -0.2) is 62.0 Å². The highest BCUT2D eigenvalue weighted by Crippen LogP contribution is 2.35. The molecule has 2 atom stereocenters. The summed E-state index contributed by atoms with van der Waals surface area (Å²) in [6.07, 6.45) is 7.17. The minimum Gasteiger partial charge on any atom is -0.389 e. The third kappa shape index (κ3) is 4.99. The lowest BCUT2D eigenvalue weighted by molar-refractivity contribution is -0.00813. The molecule has 0 saturated carbocycles. The Balaban J connectivity index is 1.69. The Kier molecular flexibility index (Phi) is 6.75. The van der Waals surface area contributed by atoms with Crippen LogP contribution in [0.5, 0.6) is 0 Å². The SMILES string of the molecule is CCCCOCC(O)CN1CCCC2(CCCNC2)C1. The van der Waals surface area contributed by atoms with Gasteiger partial charge in [0, 0.05) is 26.2 Å². The van der Waals surface area contributed by atoms with Crippen molar-refractivity contribution in [3.8, 4) is 0 Å². The Morgan fingerprint density at radius 2 is 2.20 bits per heavy atom. The monoisotopic (exact) mass is 284 g/mol. The Morgan fingerprint density at radius 3 is 2.95 bits per heavy atom. The number of ether oxygens (including phenoxy) is 1. The summed E-state index contributed by atoms with van der Waals surface area (Å²) in [5.74, 6) is 0. The number of hydrogen-bond donors (Lipinski definition) is 2. The van der Waals surface area contributed by atoms with E-state index in [1.807, 2.05) is 0 Å². The largest absolute Gasteiger partial charge is 0.389 e. The van der Waals surface area contributed by atoms with Crippen LogP contribution in [0.2, 0.25) is 0 Å². The maximum atomic E-state index is 10.1. The van der Waals surface area contributed by atoms with Crippen LogP contribution in [-0.2, 0) is 4.74 Å². The Morgan fingerprint density at radius 1 is 1.35 bits per heavy atom. The van der Waals surface area contributed by atoms with Crippen LogP contribution in [0.4, 0.5) is 0 Å². The van der Waals surface area contributed by atoms with E-state index < -0.39 is 0 Å². The lowest BCUT2D eigenvalue weighted by Gasteiger charge is -2.45. The standard InChI is InChI=1S/C16H32N2O2/c1-2-3-10-20-12-15(19)11-18-9-5-7-16(14-18)6-4-8-17-13-16/h15,17,19H,2-14H2,1H3. The fourth-order valence-electron chi connectivity index (χ4n) is 3.66. The first-order valence-corrected chi connectivity index (χ1v) is 8.43. The van der Waals surface area contributed by atoms with Gasteiger partial charge in [0.25, 0.3) is 0 Å². The number of nitrogens with zero attached hydrogens (tertiary/aromatic N) is 1. The van der Waals surface area contributed by atoms with Gasteiger partial charge < -0.3 is 20.1 Å². The summed E-state index contributed by atoms with van der Waals surface area (Å²) in [6, 6.07) is 0. The zero-order valence-corrected chi connectivity index (χ0v) is 13.1. The zero-order chi connectivity index (χ0) is 14.3. The van der Waals surface area contributed by atoms with Gasteiger partial charge in [-0.1, -0.05) is 13.3 Å². The molecular weight excluding hydrogens is 252 g/mol. The van der Waals surface area contributed by atoms with Crippen molar-refractivity contribution >= 4 is 0 Å². The normalized spacial score (nSPS) is 29.7. The van der Waals surface area contributed by atoms with Crippen molar-refractivity contribution in [2.24, 2.45) is 5.41 Å². The maximum Gasteiger partial charge on any atom is 0.0900 e. The molecule has 4 nitrogen and oxygen atoms in total. The van der Waals surface area contributed by atoms with Crippen LogP contribution in [0.3, 0.4) is 0 Å². The molecule has 2 N–H and O–H groups in total. The number of piperidine rings is 2. The van der Waals surface area contributed by atoms with Crippen LogP contribution in [0.15, 0.2) is 0 Å². The molecular formula is C16H32N2O2. The van der Waals surface area contributed by atoms with E-state index in [2.05, 4.69) is 17.1 Å². The Labute approximate surface area is 123 Å². The molecule has 0 amide bonds. The van der Waals surface area contributed by atoms with Crippen LogP contribution in [0, 0.1) is 5.41 Å². The van der Waals surface area contributed by atoms with E-state index in [9.17, 15) is 5.11 Å². The van der Waals surface area contributed by atoms with E-state index in [0.29, 0.717) is 12.0 Å². The molecule has 118 valence electrons. The van der Waals surface area contributed by atoms with Crippen LogP contribution >= 0.6 is 0 Å². The van der Waals surface area contributed by atoms with Gasteiger partial charge in [0.2, 0.25) is 0 Å².